The lowest BCUT2D eigenvalue weighted by Gasteiger charge is -2.23. The van der Waals surface area contributed by atoms with Gasteiger partial charge in [0.05, 0.1) is 11.2 Å². The molecule has 0 bridgehead atoms. The van der Waals surface area contributed by atoms with Crippen LogP contribution in [0.2, 0.25) is 0 Å². The van der Waals surface area contributed by atoms with Gasteiger partial charge in [-0.25, -0.2) is 4.79 Å². The summed E-state index contributed by atoms with van der Waals surface area (Å²) in [6, 6.07) is 3.46. The van der Waals surface area contributed by atoms with Crippen LogP contribution in [0, 0.1) is 0 Å². The maximum Gasteiger partial charge on any atom is 0.416 e. The molecule has 8 heteroatoms. The van der Waals surface area contributed by atoms with Crippen LogP contribution in [0.4, 0.5) is 23.7 Å². The number of hydrogen-bond acceptors (Lipinski definition) is 3. The second-order valence-corrected chi connectivity index (χ2v) is 5.12. The number of anilines is 1. The van der Waals surface area contributed by atoms with Gasteiger partial charge in [-0.3, -0.25) is 0 Å². The molecule has 124 valence electrons. The molecule has 2 amide bonds. The number of carbonyl (C=O) groups is 1. The molecule has 0 fully saturated rings. The van der Waals surface area contributed by atoms with Gasteiger partial charge in [-0.2, -0.15) is 13.2 Å². The predicted molar refractivity (Wildman–Crippen MR) is 75.6 cm³/mol. The molecule has 0 radical (unpaired) electrons. The van der Waals surface area contributed by atoms with Crippen molar-refractivity contribution in [2.24, 2.45) is 0 Å². The fourth-order valence-corrected chi connectivity index (χ4v) is 1.60. The van der Waals surface area contributed by atoms with Gasteiger partial charge in [0.25, 0.3) is 0 Å². The van der Waals surface area contributed by atoms with Gasteiger partial charge in [-0.15, -0.1) is 0 Å². The molecule has 1 aromatic rings. The predicted octanol–water partition coefficient (Wildman–Crippen LogP) is 2.61. The standard InChI is InChI=1S/C14H19F3N2O3/c1-13(21,7-8-22-2)9-18-12(20)19-11-5-3-10(4-6-11)14(15,16)17/h3-6,21H,7-9H2,1-2H3,(H2,18,19,20)/t13-/m0/s1. The zero-order chi connectivity index (χ0) is 16.8. The third-order valence-electron chi connectivity index (χ3n) is 2.94. The van der Waals surface area contributed by atoms with Crippen molar-refractivity contribution in [3.63, 3.8) is 0 Å². The van der Waals surface area contributed by atoms with E-state index in [0.717, 1.165) is 24.3 Å². The number of halogens is 3. The van der Waals surface area contributed by atoms with Gasteiger partial charge >= 0.3 is 12.2 Å². The van der Waals surface area contributed by atoms with Gasteiger partial charge in [0, 0.05) is 32.4 Å². The lowest BCUT2D eigenvalue weighted by atomic mass is 10.0. The molecule has 1 atom stereocenters. The maximum absolute atomic E-state index is 12.4. The van der Waals surface area contributed by atoms with Crippen LogP contribution in [-0.2, 0) is 10.9 Å². The van der Waals surface area contributed by atoms with E-state index >= 15 is 0 Å². The molecule has 22 heavy (non-hydrogen) atoms. The monoisotopic (exact) mass is 320 g/mol. The fraction of sp³-hybridized carbons (Fsp3) is 0.500. The summed E-state index contributed by atoms with van der Waals surface area (Å²) in [4.78, 5) is 11.6. The largest absolute Gasteiger partial charge is 0.416 e. The summed E-state index contributed by atoms with van der Waals surface area (Å²) in [5.74, 6) is 0. The molecule has 3 N–H and O–H groups in total. The molecule has 0 spiro atoms. The average molecular weight is 320 g/mol. The van der Waals surface area contributed by atoms with Crippen molar-refractivity contribution in [2.45, 2.75) is 25.1 Å². The molecule has 0 unspecified atom stereocenters. The second kappa shape index (κ2) is 7.46. The molecule has 0 aromatic heterocycles. The number of ether oxygens (including phenoxy) is 1. The van der Waals surface area contributed by atoms with Crippen LogP contribution >= 0.6 is 0 Å². The van der Waals surface area contributed by atoms with E-state index in [1.807, 2.05) is 0 Å². The minimum absolute atomic E-state index is 0.0111. The van der Waals surface area contributed by atoms with Crippen LogP contribution in [0.1, 0.15) is 18.9 Å². The number of aliphatic hydroxyl groups is 1. The van der Waals surface area contributed by atoms with Crippen molar-refractivity contribution in [1.82, 2.24) is 5.32 Å². The Bertz CT molecular complexity index is 487. The molecule has 0 saturated heterocycles. The van der Waals surface area contributed by atoms with Gasteiger partial charge < -0.3 is 20.5 Å². The number of methoxy groups -OCH3 is 1. The van der Waals surface area contributed by atoms with Gasteiger partial charge in [-0.05, 0) is 31.2 Å². The van der Waals surface area contributed by atoms with E-state index in [0.29, 0.717) is 13.0 Å². The van der Waals surface area contributed by atoms with Crippen molar-refractivity contribution >= 4 is 11.7 Å². The first-order valence-electron chi connectivity index (χ1n) is 6.57. The Labute approximate surface area is 126 Å². The molecule has 1 aromatic carbocycles. The van der Waals surface area contributed by atoms with Crippen LogP contribution < -0.4 is 10.6 Å². The first kappa shape index (κ1) is 18.2. The minimum Gasteiger partial charge on any atom is -0.388 e. The summed E-state index contributed by atoms with van der Waals surface area (Å²) in [7, 11) is 1.50. The van der Waals surface area contributed by atoms with Gasteiger partial charge in [0.15, 0.2) is 0 Å². The zero-order valence-corrected chi connectivity index (χ0v) is 12.3. The number of amides is 2. The van der Waals surface area contributed by atoms with E-state index in [1.165, 1.54) is 7.11 Å². The van der Waals surface area contributed by atoms with Crippen LogP contribution in [0.15, 0.2) is 24.3 Å². The summed E-state index contributed by atoms with van der Waals surface area (Å²) in [6.45, 7) is 1.88. The number of hydrogen-bond donors (Lipinski definition) is 3. The summed E-state index contributed by atoms with van der Waals surface area (Å²) in [5, 5.41) is 14.8. The lowest BCUT2D eigenvalue weighted by molar-refractivity contribution is -0.137. The Morgan fingerprint density at radius 3 is 2.36 bits per heavy atom. The van der Waals surface area contributed by atoms with Gasteiger partial charge in [0.2, 0.25) is 0 Å². The third-order valence-corrected chi connectivity index (χ3v) is 2.94. The van der Waals surface area contributed by atoms with E-state index in [4.69, 9.17) is 4.74 Å². The summed E-state index contributed by atoms with van der Waals surface area (Å²) >= 11 is 0. The van der Waals surface area contributed by atoms with Crippen LogP contribution in [0.3, 0.4) is 0 Å². The van der Waals surface area contributed by atoms with Crippen molar-refractivity contribution in [3.05, 3.63) is 29.8 Å². The number of nitrogens with one attached hydrogen (secondary N) is 2. The molecule has 0 heterocycles. The van der Waals surface area contributed by atoms with Gasteiger partial charge in [0.1, 0.15) is 0 Å². The number of carbonyl (C=O) groups excluding carboxylic acids is 1. The number of urea groups is 1. The van der Waals surface area contributed by atoms with E-state index in [1.54, 1.807) is 6.92 Å². The smallest absolute Gasteiger partial charge is 0.388 e. The fourth-order valence-electron chi connectivity index (χ4n) is 1.60. The topological polar surface area (TPSA) is 70.6 Å². The van der Waals surface area contributed by atoms with E-state index in [9.17, 15) is 23.1 Å². The van der Waals surface area contributed by atoms with Crippen LogP contribution in [0.25, 0.3) is 0 Å². The number of alkyl halides is 3. The maximum atomic E-state index is 12.4. The highest BCUT2D eigenvalue weighted by Crippen LogP contribution is 2.29. The van der Waals surface area contributed by atoms with E-state index < -0.39 is 23.4 Å². The highest BCUT2D eigenvalue weighted by Gasteiger charge is 2.30. The Hall–Kier alpha value is -1.80. The van der Waals surface area contributed by atoms with Crippen molar-refractivity contribution in [1.29, 1.82) is 0 Å². The summed E-state index contributed by atoms with van der Waals surface area (Å²) in [6.07, 6.45) is -4.08. The van der Waals surface area contributed by atoms with Crippen molar-refractivity contribution in [3.8, 4) is 0 Å². The minimum atomic E-state index is -4.42. The lowest BCUT2D eigenvalue weighted by Crippen LogP contribution is -2.42. The summed E-state index contributed by atoms with van der Waals surface area (Å²) < 4.78 is 42.0. The number of benzene rings is 1. The molecular formula is C14H19F3N2O3. The molecular weight excluding hydrogens is 301 g/mol. The average Bonchev–Trinajstić information content (AvgIpc) is 2.43. The van der Waals surface area contributed by atoms with Crippen LogP contribution in [0.5, 0.6) is 0 Å². The molecule has 1 rings (SSSR count). The Morgan fingerprint density at radius 1 is 1.27 bits per heavy atom. The van der Waals surface area contributed by atoms with Gasteiger partial charge in [-0.1, -0.05) is 0 Å². The Morgan fingerprint density at radius 2 is 1.86 bits per heavy atom. The summed E-state index contributed by atoms with van der Waals surface area (Å²) in [5.41, 5.74) is -1.70. The van der Waals surface area contributed by atoms with E-state index in [2.05, 4.69) is 10.6 Å². The Balaban J connectivity index is 2.48. The van der Waals surface area contributed by atoms with Crippen LogP contribution in [-0.4, -0.2) is 37.0 Å². The van der Waals surface area contributed by atoms with Crippen molar-refractivity contribution < 1.29 is 27.8 Å². The molecule has 5 nitrogen and oxygen atoms in total. The second-order valence-electron chi connectivity index (χ2n) is 5.12. The molecule has 0 aliphatic rings. The highest BCUT2D eigenvalue weighted by molar-refractivity contribution is 5.89. The zero-order valence-electron chi connectivity index (χ0n) is 12.3. The normalized spacial score (nSPS) is 14.3. The molecule has 0 aliphatic heterocycles. The van der Waals surface area contributed by atoms with Crippen molar-refractivity contribution in [2.75, 3.05) is 25.6 Å². The molecule has 0 saturated carbocycles. The highest BCUT2D eigenvalue weighted by atomic mass is 19.4. The number of rotatable bonds is 6. The quantitative estimate of drug-likeness (QED) is 0.754. The Kier molecular flexibility index (Phi) is 6.19. The SMILES string of the molecule is COCC[C@](C)(O)CNC(=O)Nc1ccc(C(F)(F)F)cc1. The van der Waals surface area contributed by atoms with E-state index in [-0.39, 0.29) is 12.2 Å². The first-order chi connectivity index (χ1) is 10.1. The third kappa shape index (κ3) is 6.31. The molecule has 0 aliphatic carbocycles. The first-order valence-corrected chi connectivity index (χ1v) is 6.57.